The highest BCUT2D eigenvalue weighted by atomic mass is 16.4. The molecule has 3 rings (SSSR count). The lowest BCUT2D eigenvalue weighted by atomic mass is 10.0. The lowest BCUT2D eigenvalue weighted by molar-refractivity contribution is -0.149. The number of hydrogen-bond acceptors (Lipinski definition) is 4. The first kappa shape index (κ1) is 20.3. The van der Waals surface area contributed by atoms with Gasteiger partial charge >= 0.3 is 5.97 Å². The quantitative estimate of drug-likeness (QED) is 0.612. The second-order valence-corrected chi connectivity index (χ2v) is 6.93. The number of fused-ring (bicyclic) bond motifs is 1. The van der Waals surface area contributed by atoms with Crippen LogP contribution in [-0.2, 0) is 22.4 Å². The number of carbonyl (C=O) groups is 2. The van der Waals surface area contributed by atoms with Crippen molar-refractivity contribution in [2.75, 3.05) is 7.05 Å². The maximum absolute atomic E-state index is 12.5. The van der Waals surface area contributed by atoms with E-state index < -0.39 is 12.0 Å². The summed E-state index contributed by atoms with van der Waals surface area (Å²) < 4.78 is 0. The number of carboxylic acid groups (broad SMARTS) is 1. The van der Waals surface area contributed by atoms with Gasteiger partial charge in [-0.1, -0.05) is 42.5 Å². The molecule has 0 aliphatic rings. The molecule has 150 valence electrons. The van der Waals surface area contributed by atoms with Gasteiger partial charge < -0.3 is 15.0 Å². The van der Waals surface area contributed by atoms with Crippen molar-refractivity contribution in [3.05, 3.63) is 76.3 Å². The predicted octanol–water partition coefficient (Wildman–Crippen LogP) is 2.40. The number of rotatable bonds is 8. The number of para-hydroxylation sites is 1. The van der Waals surface area contributed by atoms with Crippen molar-refractivity contribution < 1.29 is 14.7 Å². The molecule has 1 heterocycles. The molecular formula is C22H23N3O4. The van der Waals surface area contributed by atoms with Crippen LogP contribution in [0.5, 0.6) is 0 Å². The first-order chi connectivity index (χ1) is 14.0. The highest BCUT2D eigenvalue weighted by Gasteiger charge is 2.26. The number of nitrogens with one attached hydrogen (secondary N) is 1. The molecule has 0 aliphatic carbocycles. The van der Waals surface area contributed by atoms with Gasteiger partial charge in [-0.3, -0.25) is 9.59 Å². The molecule has 0 aliphatic heterocycles. The van der Waals surface area contributed by atoms with Gasteiger partial charge in [-0.05, 0) is 24.1 Å². The molecule has 0 saturated heterocycles. The van der Waals surface area contributed by atoms with Crippen LogP contribution >= 0.6 is 0 Å². The van der Waals surface area contributed by atoms with Crippen LogP contribution in [0.2, 0.25) is 0 Å². The van der Waals surface area contributed by atoms with Gasteiger partial charge in [-0.2, -0.15) is 0 Å². The summed E-state index contributed by atoms with van der Waals surface area (Å²) in [6, 6.07) is 15.4. The summed E-state index contributed by atoms with van der Waals surface area (Å²) >= 11 is 0. The largest absolute Gasteiger partial charge is 0.480 e. The molecule has 29 heavy (non-hydrogen) atoms. The molecule has 0 fully saturated rings. The number of hydrogen-bond donors (Lipinski definition) is 2. The standard InChI is InChI=1S/C22H23N3O4/c1-25(18(22(28)29)14-15-8-3-2-4-9-15)20(26)13-7-12-19-23-17-11-6-5-10-16(17)21(27)24-19/h2-6,8-11,18H,7,12-14H2,1H3,(H,28,29)(H,23,24,27). The van der Waals surface area contributed by atoms with Crippen LogP contribution in [0.1, 0.15) is 24.2 Å². The van der Waals surface area contributed by atoms with Crippen molar-refractivity contribution in [3.63, 3.8) is 0 Å². The maximum atomic E-state index is 12.5. The molecule has 7 heteroatoms. The Morgan fingerprint density at radius 2 is 1.79 bits per heavy atom. The van der Waals surface area contributed by atoms with E-state index >= 15 is 0 Å². The number of amides is 1. The molecular weight excluding hydrogens is 370 g/mol. The molecule has 1 amide bonds. The normalized spacial score (nSPS) is 11.9. The molecule has 0 saturated carbocycles. The van der Waals surface area contributed by atoms with E-state index in [0.717, 1.165) is 5.56 Å². The van der Waals surface area contributed by atoms with Gasteiger partial charge in [0, 0.05) is 26.3 Å². The average molecular weight is 393 g/mol. The van der Waals surface area contributed by atoms with Crippen LogP contribution in [0.4, 0.5) is 0 Å². The molecule has 1 unspecified atom stereocenters. The SMILES string of the molecule is CN(C(=O)CCCc1nc2ccccc2c(=O)[nH]1)C(Cc1ccccc1)C(=O)O. The summed E-state index contributed by atoms with van der Waals surface area (Å²) in [5.41, 5.74) is 1.27. The second kappa shape index (κ2) is 9.14. The summed E-state index contributed by atoms with van der Waals surface area (Å²) in [6.45, 7) is 0. The van der Waals surface area contributed by atoms with Crippen LogP contribution in [0, 0.1) is 0 Å². The van der Waals surface area contributed by atoms with E-state index in [9.17, 15) is 19.5 Å². The molecule has 1 atom stereocenters. The fourth-order valence-corrected chi connectivity index (χ4v) is 3.24. The van der Waals surface area contributed by atoms with E-state index in [0.29, 0.717) is 29.6 Å². The van der Waals surface area contributed by atoms with E-state index in [1.165, 1.54) is 11.9 Å². The Morgan fingerprint density at radius 1 is 1.10 bits per heavy atom. The summed E-state index contributed by atoms with van der Waals surface area (Å²) in [7, 11) is 1.51. The number of nitrogens with zero attached hydrogens (tertiary/aromatic N) is 2. The number of aromatic nitrogens is 2. The zero-order chi connectivity index (χ0) is 20.8. The zero-order valence-corrected chi connectivity index (χ0v) is 16.2. The van der Waals surface area contributed by atoms with Gasteiger partial charge in [-0.15, -0.1) is 0 Å². The number of benzene rings is 2. The van der Waals surface area contributed by atoms with E-state index in [1.54, 1.807) is 18.2 Å². The minimum Gasteiger partial charge on any atom is -0.480 e. The number of carboxylic acids is 1. The Bertz CT molecular complexity index is 1060. The molecule has 0 bridgehead atoms. The summed E-state index contributed by atoms with van der Waals surface area (Å²) in [5.74, 6) is -0.773. The first-order valence-corrected chi connectivity index (χ1v) is 9.46. The monoisotopic (exact) mass is 393 g/mol. The number of aliphatic carboxylic acids is 1. The van der Waals surface area contributed by atoms with Crippen LogP contribution in [0.15, 0.2) is 59.4 Å². The van der Waals surface area contributed by atoms with Gasteiger partial charge in [0.05, 0.1) is 10.9 Å². The molecule has 7 nitrogen and oxygen atoms in total. The van der Waals surface area contributed by atoms with E-state index in [1.807, 2.05) is 36.4 Å². The van der Waals surface area contributed by atoms with Crippen molar-refractivity contribution in [2.45, 2.75) is 31.7 Å². The van der Waals surface area contributed by atoms with Crippen molar-refractivity contribution in [1.82, 2.24) is 14.9 Å². The summed E-state index contributed by atoms with van der Waals surface area (Å²) in [4.78, 5) is 44.7. The Kier molecular flexibility index (Phi) is 6.39. The van der Waals surface area contributed by atoms with E-state index in [-0.39, 0.29) is 24.3 Å². The highest BCUT2D eigenvalue weighted by molar-refractivity contribution is 5.83. The maximum Gasteiger partial charge on any atom is 0.326 e. The fourth-order valence-electron chi connectivity index (χ4n) is 3.24. The van der Waals surface area contributed by atoms with Crippen molar-refractivity contribution in [2.24, 2.45) is 0 Å². The van der Waals surface area contributed by atoms with Gasteiger partial charge in [-0.25, -0.2) is 9.78 Å². The summed E-state index contributed by atoms with van der Waals surface area (Å²) in [6.07, 6.45) is 1.31. The minimum atomic E-state index is -1.04. The first-order valence-electron chi connectivity index (χ1n) is 9.46. The Labute approximate surface area is 168 Å². The van der Waals surface area contributed by atoms with Crippen LogP contribution in [-0.4, -0.2) is 44.9 Å². The highest BCUT2D eigenvalue weighted by Crippen LogP contribution is 2.12. The van der Waals surface area contributed by atoms with E-state index in [2.05, 4.69) is 9.97 Å². The zero-order valence-electron chi connectivity index (χ0n) is 16.2. The number of H-pyrrole nitrogens is 1. The fraction of sp³-hybridized carbons (Fsp3) is 0.273. The lowest BCUT2D eigenvalue weighted by Crippen LogP contribution is -2.43. The Balaban J connectivity index is 1.60. The summed E-state index contributed by atoms with van der Waals surface area (Å²) in [5, 5.41) is 10.1. The smallest absolute Gasteiger partial charge is 0.326 e. The number of aryl methyl sites for hydroxylation is 1. The number of carbonyl (C=O) groups excluding carboxylic acids is 1. The van der Waals surface area contributed by atoms with Crippen molar-refractivity contribution >= 4 is 22.8 Å². The van der Waals surface area contributed by atoms with Crippen LogP contribution in [0.3, 0.4) is 0 Å². The third-order valence-corrected chi connectivity index (χ3v) is 4.88. The van der Waals surface area contributed by atoms with Gasteiger partial charge in [0.1, 0.15) is 11.9 Å². The van der Waals surface area contributed by atoms with Crippen LogP contribution in [0.25, 0.3) is 10.9 Å². The average Bonchev–Trinajstić information content (AvgIpc) is 2.72. The molecule has 1 aromatic heterocycles. The lowest BCUT2D eigenvalue weighted by Gasteiger charge is -2.25. The van der Waals surface area contributed by atoms with Gasteiger partial charge in [0.25, 0.3) is 5.56 Å². The molecule has 0 radical (unpaired) electrons. The molecule has 2 aromatic carbocycles. The minimum absolute atomic E-state index is 0.172. The Hall–Kier alpha value is -3.48. The molecule has 3 aromatic rings. The topological polar surface area (TPSA) is 103 Å². The Morgan fingerprint density at radius 3 is 2.52 bits per heavy atom. The second-order valence-electron chi connectivity index (χ2n) is 6.93. The van der Waals surface area contributed by atoms with Crippen molar-refractivity contribution in [1.29, 1.82) is 0 Å². The van der Waals surface area contributed by atoms with Crippen molar-refractivity contribution in [3.8, 4) is 0 Å². The van der Waals surface area contributed by atoms with Gasteiger partial charge in [0.15, 0.2) is 0 Å². The molecule has 0 spiro atoms. The third-order valence-electron chi connectivity index (χ3n) is 4.88. The van der Waals surface area contributed by atoms with Crippen LogP contribution < -0.4 is 5.56 Å². The third kappa shape index (κ3) is 5.07. The van der Waals surface area contributed by atoms with Gasteiger partial charge in [0.2, 0.25) is 5.91 Å². The molecule has 2 N–H and O–H groups in total. The number of aromatic amines is 1. The predicted molar refractivity (Wildman–Crippen MR) is 110 cm³/mol. The number of likely N-dealkylation sites (N-methyl/N-ethyl adjacent to an activating group) is 1. The van der Waals surface area contributed by atoms with E-state index in [4.69, 9.17) is 0 Å².